The standard InChI is InChI=1S/C21H26O/c1-5-15-9-11-19(13-17(15)7-3)21(22)20-12-10-16(6-2)18(8-4)14-20/h9-14H,5-8H2,1-4H3. The van der Waals surface area contributed by atoms with Gasteiger partial charge in [0.15, 0.2) is 5.78 Å². The van der Waals surface area contributed by atoms with Crippen molar-refractivity contribution in [3.05, 3.63) is 69.8 Å². The van der Waals surface area contributed by atoms with E-state index in [1.807, 2.05) is 12.1 Å². The maximum atomic E-state index is 12.8. The number of aryl methyl sites for hydroxylation is 4. The van der Waals surface area contributed by atoms with Crippen molar-refractivity contribution < 1.29 is 4.79 Å². The molecule has 0 aliphatic rings. The zero-order valence-corrected chi connectivity index (χ0v) is 14.2. The van der Waals surface area contributed by atoms with Crippen molar-refractivity contribution in [1.82, 2.24) is 0 Å². The molecule has 0 unspecified atom stereocenters. The Hall–Kier alpha value is -1.89. The van der Waals surface area contributed by atoms with E-state index in [2.05, 4.69) is 52.0 Å². The van der Waals surface area contributed by atoms with Crippen LogP contribution in [0.15, 0.2) is 36.4 Å². The maximum absolute atomic E-state index is 12.8. The maximum Gasteiger partial charge on any atom is 0.193 e. The Balaban J connectivity index is 2.39. The Bertz CT molecular complexity index is 610. The van der Waals surface area contributed by atoms with E-state index in [1.54, 1.807) is 0 Å². The molecule has 2 aromatic rings. The smallest absolute Gasteiger partial charge is 0.193 e. The summed E-state index contributed by atoms with van der Waals surface area (Å²) in [6.45, 7) is 8.61. The SMILES string of the molecule is CCc1ccc(C(=O)c2ccc(CC)c(CC)c2)cc1CC. The third kappa shape index (κ3) is 3.30. The van der Waals surface area contributed by atoms with Crippen molar-refractivity contribution in [3.8, 4) is 0 Å². The zero-order chi connectivity index (χ0) is 16.1. The van der Waals surface area contributed by atoms with E-state index in [4.69, 9.17) is 0 Å². The van der Waals surface area contributed by atoms with Gasteiger partial charge < -0.3 is 0 Å². The second-order valence-electron chi connectivity index (χ2n) is 5.71. The highest BCUT2D eigenvalue weighted by Gasteiger charge is 2.12. The van der Waals surface area contributed by atoms with Crippen LogP contribution in [0.3, 0.4) is 0 Å². The van der Waals surface area contributed by atoms with Gasteiger partial charge in [-0.05, 0) is 60.1 Å². The average molecular weight is 294 g/mol. The Kier molecular flexibility index (Phi) is 5.54. The van der Waals surface area contributed by atoms with Crippen LogP contribution in [0, 0.1) is 0 Å². The normalized spacial score (nSPS) is 10.7. The second kappa shape index (κ2) is 7.40. The lowest BCUT2D eigenvalue weighted by Crippen LogP contribution is -2.05. The Morgan fingerprint density at radius 3 is 1.32 bits per heavy atom. The lowest BCUT2D eigenvalue weighted by atomic mass is 9.93. The molecular weight excluding hydrogens is 268 g/mol. The Labute approximate surface area is 134 Å². The van der Waals surface area contributed by atoms with Gasteiger partial charge in [-0.25, -0.2) is 0 Å². The highest BCUT2D eigenvalue weighted by Crippen LogP contribution is 2.19. The van der Waals surface area contributed by atoms with Crippen LogP contribution in [0.2, 0.25) is 0 Å². The lowest BCUT2D eigenvalue weighted by Gasteiger charge is -2.11. The van der Waals surface area contributed by atoms with Crippen molar-refractivity contribution in [2.45, 2.75) is 53.4 Å². The van der Waals surface area contributed by atoms with Crippen molar-refractivity contribution in [2.75, 3.05) is 0 Å². The molecule has 2 aromatic carbocycles. The first kappa shape index (κ1) is 16.5. The third-order valence-electron chi connectivity index (χ3n) is 4.46. The van der Waals surface area contributed by atoms with E-state index in [-0.39, 0.29) is 5.78 Å². The number of ketones is 1. The summed E-state index contributed by atoms with van der Waals surface area (Å²) in [5, 5.41) is 0. The van der Waals surface area contributed by atoms with Gasteiger partial charge in [-0.15, -0.1) is 0 Å². The van der Waals surface area contributed by atoms with E-state index >= 15 is 0 Å². The van der Waals surface area contributed by atoms with Crippen molar-refractivity contribution >= 4 is 5.78 Å². The minimum Gasteiger partial charge on any atom is -0.289 e. The first-order valence-corrected chi connectivity index (χ1v) is 8.42. The molecule has 0 saturated carbocycles. The van der Waals surface area contributed by atoms with Crippen LogP contribution in [0.5, 0.6) is 0 Å². The lowest BCUT2D eigenvalue weighted by molar-refractivity contribution is 0.103. The predicted octanol–water partition coefficient (Wildman–Crippen LogP) is 5.17. The van der Waals surface area contributed by atoms with Gasteiger partial charge in [0.25, 0.3) is 0 Å². The molecule has 0 radical (unpaired) electrons. The van der Waals surface area contributed by atoms with Crippen molar-refractivity contribution in [1.29, 1.82) is 0 Å². The van der Waals surface area contributed by atoms with Crippen LogP contribution in [0.4, 0.5) is 0 Å². The fourth-order valence-electron chi connectivity index (χ4n) is 3.05. The number of carbonyl (C=O) groups excluding carboxylic acids is 1. The molecule has 0 aromatic heterocycles. The van der Waals surface area contributed by atoms with Crippen LogP contribution in [-0.4, -0.2) is 5.78 Å². The summed E-state index contributed by atoms with van der Waals surface area (Å²) >= 11 is 0. The first-order chi connectivity index (χ1) is 10.6. The number of hydrogen-bond acceptors (Lipinski definition) is 1. The molecule has 0 N–H and O–H groups in total. The highest BCUT2D eigenvalue weighted by atomic mass is 16.1. The molecule has 22 heavy (non-hydrogen) atoms. The summed E-state index contributed by atoms with van der Waals surface area (Å²) in [4.78, 5) is 12.8. The van der Waals surface area contributed by atoms with Gasteiger partial charge >= 0.3 is 0 Å². The molecule has 0 heterocycles. The number of benzene rings is 2. The number of hydrogen-bond donors (Lipinski definition) is 0. The van der Waals surface area contributed by atoms with E-state index in [9.17, 15) is 4.79 Å². The summed E-state index contributed by atoms with van der Waals surface area (Å²) in [5.41, 5.74) is 6.87. The second-order valence-corrected chi connectivity index (χ2v) is 5.71. The van der Waals surface area contributed by atoms with Gasteiger partial charge in [-0.3, -0.25) is 4.79 Å². The molecule has 1 heteroatoms. The molecule has 0 bridgehead atoms. The average Bonchev–Trinajstić information content (AvgIpc) is 2.59. The van der Waals surface area contributed by atoms with Crippen molar-refractivity contribution in [2.24, 2.45) is 0 Å². The van der Waals surface area contributed by atoms with Gasteiger partial charge in [0.05, 0.1) is 0 Å². The topological polar surface area (TPSA) is 17.1 Å². The van der Waals surface area contributed by atoms with E-state index in [0.717, 1.165) is 36.8 Å². The van der Waals surface area contributed by atoms with Gasteiger partial charge in [-0.1, -0.05) is 52.0 Å². The molecule has 0 aliphatic heterocycles. The van der Waals surface area contributed by atoms with Gasteiger partial charge in [0.1, 0.15) is 0 Å². The van der Waals surface area contributed by atoms with Crippen LogP contribution in [0.25, 0.3) is 0 Å². The number of carbonyl (C=O) groups is 1. The Morgan fingerprint density at radius 1 is 0.636 bits per heavy atom. The summed E-state index contributed by atoms with van der Waals surface area (Å²) in [7, 11) is 0. The highest BCUT2D eigenvalue weighted by molar-refractivity contribution is 6.09. The summed E-state index contributed by atoms with van der Waals surface area (Å²) in [6.07, 6.45) is 3.98. The largest absolute Gasteiger partial charge is 0.289 e. The van der Waals surface area contributed by atoms with Gasteiger partial charge in [0.2, 0.25) is 0 Å². The number of rotatable bonds is 6. The van der Waals surface area contributed by atoms with Crippen LogP contribution >= 0.6 is 0 Å². The van der Waals surface area contributed by atoms with Crippen molar-refractivity contribution in [3.63, 3.8) is 0 Å². The minimum atomic E-state index is 0.134. The molecule has 0 atom stereocenters. The fraction of sp³-hybridized carbons (Fsp3) is 0.381. The molecular formula is C21H26O. The molecule has 0 saturated heterocycles. The zero-order valence-electron chi connectivity index (χ0n) is 14.2. The summed E-state index contributed by atoms with van der Waals surface area (Å²) in [6, 6.07) is 12.3. The molecule has 0 aliphatic carbocycles. The van der Waals surface area contributed by atoms with Crippen LogP contribution in [-0.2, 0) is 25.7 Å². The molecule has 2 rings (SSSR count). The monoisotopic (exact) mass is 294 g/mol. The van der Waals surface area contributed by atoms with E-state index in [0.29, 0.717) is 0 Å². The van der Waals surface area contributed by atoms with E-state index in [1.165, 1.54) is 22.3 Å². The predicted molar refractivity (Wildman–Crippen MR) is 93.8 cm³/mol. The van der Waals surface area contributed by atoms with Gasteiger partial charge in [-0.2, -0.15) is 0 Å². The van der Waals surface area contributed by atoms with Crippen LogP contribution in [0.1, 0.15) is 65.9 Å². The Morgan fingerprint density at radius 2 is 1.00 bits per heavy atom. The molecule has 0 spiro atoms. The first-order valence-electron chi connectivity index (χ1n) is 8.42. The molecule has 0 amide bonds. The third-order valence-corrected chi connectivity index (χ3v) is 4.46. The minimum absolute atomic E-state index is 0.134. The molecule has 116 valence electrons. The quantitative estimate of drug-likeness (QED) is 0.672. The molecule has 0 fully saturated rings. The van der Waals surface area contributed by atoms with E-state index < -0.39 is 0 Å². The van der Waals surface area contributed by atoms with Gasteiger partial charge in [0, 0.05) is 11.1 Å². The van der Waals surface area contributed by atoms with Crippen LogP contribution < -0.4 is 0 Å². The molecule has 1 nitrogen and oxygen atoms in total. The fourth-order valence-corrected chi connectivity index (χ4v) is 3.05. The summed E-state index contributed by atoms with van der Waals surface area (Å²) in [5.74, 6) is 0.134. The summed E-state index contributed by atoms with van der Waals surface area (Å²) < 4.78 is 0.